The summed E-state index contributed by atoms with van der Waals surface area (Å²) in [7, 11) is 2.08. The smallest absolute Gasteiger partial charge is 0.161 e. The average Bonchev–Trinajstić information content (AvgIpc) is 2.78. The van der Waals surface area contributed by atoms with E-state index in [1.807, 2.05) is 48.5 Å². The Morgan fingerprint density at radius 2 is 1.45 bits per heavy atom. The van der Waals surface area contributed by atoms with Gasteiger partial charge in [0.2, 0.25) is 0 Å². The first-order chi connectivity index (χ1) is 15.1. The maximum atomic E-state index is 13.4. The SMILES string of the molecule is CN(CCCC(c1ccc(F)cc1)c1ccc(F)cc1)CC1COc2ccccc2O1. The second-order valence-corrected chi connectivity index (χ2v) is 8.06. The minimum Gasteiger partial charge on any atom is -0.486 e. The van der Waals surface area contributed by atoms with Crippen LogP contribution >= 0.6 is 0 Å². The molecule has 0 aromatic heterocycles. The Morgan fingerprint density at radius 1 is 0.871 bits per heavy atom. The van der Waals surface area contributed by atoms with E-state index in [2.05, 4.69) is 11.9 Å². The van der Waals surface area contributed by atoms with Crippen LogP contribution in [0.25, 0.3) is 0 Å². The molecule has 3 aromatic carbocycles. The Morgan fingerprint density at radius 3 is 2.06 bits per heavy atom. The minimum absolute atomic E-state index is 0.00936. The van der Waals surface area contributed by atoms with Gasteiger partial charge in [-0.15, -0.1) is 0 Å². The fourth-order valence-electron chi connectivity index (χ4n) is 4.07. The number of rotatable bonds is 8. The molecule has 1 heterocycles. The first-order valence-electron chi connectivity index (χ1n) is 10.7. The van der Waals surface area contributed by atoms with E-state index in [1.54, 1.807) is 0 Å². The molecule has 0 bridgehead atoms. The molecule has 0 aliphatic carbocycles. The van der Waals surface area contributed by atoms with Gasteiger partial charge in [0.05, 0.1) is 0 Å². The zero-order valence-electron chi connectivity index (χ0n) is 17.6. The number of hydrogen-bond donors (Lipinski definition) is 0. The molecule has 31 heavy (non-hydrogen) atoms. The highest BCUT2D eigenvalue weighted by molar-refractivity contribution is 5.40. The van der Waals surface area contributed by atoms with Gasteiger partial charge in [-0.05, 0) is 74.0 Å². The predicted molar refractivity (Wildman–Crippen MR) is 118 cm³/mol. The van der Waals surface area contributed by atoms with Gasteiger partial charge < -0.3 is 14.4 Å². The first-order valence-corrected chi connectivity index (χ1v) is 10.7. The lowest BCUT2D eigenvalue weighted by atomic mass is 9.87. The fourth-order valence-corrected chi connectivity index (χ4v) is 4.07. The Kier molecular flexibility index (Phi) is 6.82. The summed E-state index contributed by atoms with van der Waals surface area (Å²) in [5.41, 5.74) is 2.08. The van der Waals surface area contributed by atoms with Gasteiger partial charge in [-0.25, -0.2) is 8.78 Å². The van der Waals surface area contributed by atoms with Gasteiger partial charge in [-0.1, -0.05) is 36.4 Å². The maximum Gasteiger partial charge on any atom is 0.161 e. The van der Waals surface area contributed by atoms with Crippen molar-refractivity contribution in [2.45, 2.75) is 24.9 Å². The maximum absolute atomic E-state index is 13.4. The number of ether oxygens (including phenoxy) is 2. The minimum atomic E-state index is -0.252. The Hall–Kier alpha value is -2.92. The molecule has 1 unspecified atom stereocenters. The standard InChI is InChI=1S/C26H27F2NO2/c1-29(17-23-18-30-25-6-2-3-7-26(25)31-23)16-4-5-24(19-8-12-21(27)13-9-19)20-10-14-22(28)15-11-20/h2-3,6-15,23-24H,4-5,16-18H2,1H3. The van der Waals surface area contributed by atoms with E-state index >= 15 is 0 Å². The summed E-state index contributed by atoms with van der Waals surface area (Å²) in [6, 6.07) is 20.9. The van der Waals surface area contributed by atoms with Crippen LogP contribution in [-0.2, 0) is 0 Å². The zero-order chi connectivity index (χ0) is 21.6. The van der Waals surface area contributed by atoms with Crippen LogP contribution in [0.1, 0.15) is 29.9 Å². The van der Waals surface area contributed by atoms with Crippen LogP contribution < -0.4 is 9.47 Å². The molecule has 0 N–H and O–H groups in total. The topological polar surface area (TPSA) is 21.7 Å². The third kappa shape index (κ3) is 5.61. The van der Waals surface area contributed by atoms with Crippen molar-refractivity contribution >= 4 is 0 Å². The molecule has 0 radical (unpaired) electrons. The van der Waals surface area contributed by atoms with Crippen LogP contribution in [0.2, 0.25) is 0 Å². The molecule has 3 aromatic rings. The van der Waals surface area contributed by atoms with Crippen LogP contribution in [0.15, 0.2) is 72.8 Å². The van der Waals surface area contributed by atoms with Crippen LogP contribution in [0.3, 0.4) is 0 Å². The van der Waals surface area contributed by atoms with Gasteiger partial charge in [0, 0.05) is 12.5 Å². The first kappa shape index (κ1) is 21.3. The van der Waals surface area contributed by atoms with E-state index in [4.69, 9.17) is 9.47 Å². The summed E-state index contributed by atoms with van der Waals surface area (Å²) >= 11 is 0. The molecule has 0 amide bonds. The zero-order valence-corrected chi connectivity index (χ0v) is 17.6. The molecule has 3 nitrogen and oxygen atoms in total. The van der Waals surface area contributed by atoms with Crippen molar-refractivity contribution in [1.29, 1.82) is 0 Å². The normalized spacial score (nSPS) is 15.5. The van der Waals surface area contributed by atoms with E-state index in [1.165, 1.54) is 24.3 Å². The molecule has 1 aliphatic rings. The Balaban J connectivity index is 1.34. The number of benzene rings is 3. The molecule has 1 aliphatic heterocycles. The van der Waals surface area contributed by atoms with Crippen molar-refractivity contribution in [3.63, 3.8) is 0 Å². The summed E-state index contributed by atoms with van der Waals surface area (Å²) < 4.78 is 38.7. The van der Waals surface area contributed by atoms with E-state index in [9.17, 15) is 8.78 Å². The number of halogens is 2. The third-order valence-electron chi connectivity index (χ3n) is 5.66. The molecule has 0 saturated heterocycles. The summed E-state index contributed by atoms with van der Waals surface area (Å²) in [4.78, 5) is 2.24. The second kappa shape index (κ2) is 9.92. The van der Waals surface area contributed by atoms with Gasteiger partial charge in [0.25, 0.3) is 0 Å². The number of nitrogens with zero attached hydrogens (tertiary/aromatic N) is 1. The number of para-hydroxylation sites is 2. The number of likely N-dealkylation sites (N-methyl/N-ethyl adjacent to an activating group) is 1. The highest BCUT2D eigenvalue weighted by Crippen LogP contribution is 2.32. The van der Waals surface area contributed by atoms with Gasteiger partial charge in [0.15, 0.2) is 11.5 Å². The van der Waals surface area contributed by atoms with E-state index in [-0.39, 0.29) is 23.7 Å². The molecule has 162 valence electrons. The van der Waals surface area contributed by atoms with Crippen LogP contribution in [0.5, 0.6) is 11.5 Å². The van der Waals surface area contributed by atoms with Crippen molar-refractivity contribution in [3.8, 4) is 11.5 Å². The molecule has 5 heteroatoms. The van der Waals surface area contributed by atoms with Crippen molar-refractivity contribution in [2.75, 3.05) is 26.7 Å². The van der Waals surface area contributed by atoms with Crippen LogP contribution in [0.4, 0.5) is 8.78 Å². The Labute approximate surface area is 182 Å². The molecule has 1 atom stereocenters. The van der Waals surface area contributed by atoms with Crippen molar-refractivity contribution in [3.05, 3.63) is 95.6 Å². The van der Waals surface area contributed by atoms with Gasteiger partial charge in [-0.2, -0.15) is 0 Å². The van der Waals surface area contributed by atoms with Crippen molar-refractivity contribution in [2.24, 2.45) is 0 Å². The predicted octanol–water partition coefficient (Wildman–Crippen LogP) is 5.65. The lowest BCUT2D eigenvalue weighted by Crippen LogP contribution is -2.39. The monoisotopic (exact) mass is 423 g/mol. The number of fused-ring (bicyclic) bond motifs is 1. The lowest BCUT2D eigenvalue weighted by Gasteiger charge is -2.30. The van der Waals surface area contributed by atoms with Crippen LogP contribution in [-0.4, -0.2) is 37.7 Å². The van der Waals surface area contributed by atoms with Crippen molar-refractivity contribution < 1.29 is 18.3 Å². The fraction of sp³-hybridized carbons (Fsp3) is 0.308. The molecule has 0 saturated carbocycles. The summed E-state index contributed by atoms with van der Waals surface area (Å²) in [6.45, 7) is 2.20. The van der Waals surface area contributed by atoms with Crippen LogP contribution in [0, 0.1) is 11.6 Å². The quantitative estimate of drug-likeness (QED) is 0.467. The average molecular weight is 424 g/mol. The number of hydrogen-bond acceptors (Lipinski definition) is 3. The highest BCUT2D eigenvalue weighted by atomic mass is 19.1. The summed E-state index contributed by atoms with van der Waals surface area (Å²) in [5, 5.41) is 0. The molecule has 4 rings (SSSR count). The summed E-state index contributed by atoms with van der Waals surface area (Å²) in [5.74, 6) is 1.17. The third-order valence-corrected chi connectivity index (χ3v) is 5.66. The van der Waals surface area contributed by atoms with Crippen molar-refractivity contribution in [1.82, 2.24) is 4.90 Å². The lowest BCUT2D eigenvalue weighted by molar-refractivity contribution is 0.0650. The largest absolute Gasteiger partial charge is 0.486 e. The highest BCUT2D eigenvalue weighted by Gasteiger charge is 2.22. The van der Waals surface area contributed by atoms with E-state index in [0.29, 0.717) is 6.61 Å². The molecular weight excluding hydrogens is 396 g/mol. The second-order valence-electron chi connectivity index (χ2n) is 8.06. The van der Waals surface area contributed by atoms with Gasteiger partial charge in [-0.3, -0.25) is 0 Å². The molecule has 0 spiro atoms. The molecular formula is C26H27F2NO2. The van der Waals surface area contributed by atoms with E-state index in [0.717, 1.165) is 48.6 Å². The van der Waals surface area contributed by atoms with Gasteiger partial charge >= 0.3 is 0 Å². The molecule has 0 fully saturated rings. The van der Waals surface area contributed by atoms with Gasteiger partial charge in [0.1, 0.15) is 24.3 Å². The van der Waals surface area contributed by atoms with E-state index < -0.39 is 0 Å². The summed E-state index contributed by atoms with van der Waals surface area (Å²) in [6.07, 6.45) is 1.82. The Bertz CT molecular complexity index is 930.